The van der Waals surface area contributed by atoms with Gasteiger partial charge in [0.05, 0.1) is 6.04 Å². The minimum atomic E-state index is -0.515. The van der Waals surface area contributed by atoms with E-state index in [0.717, 1.165) is 0 Å². The van der Waals surface area contributed by atoms with Crippen LogP contribution < -0.4 is 11.1 Å². The van der Waals surface area contributed by atoms with Crippen molar-refractivity contribution in [2.45, 2.75) is 32.9 Å². The molecule has 0 aliphatic heterocycles. The molecule has 1 amide bonds. The average molecular weight is 196 g/mol. The summed E-state index contributed by atoms with van der Waals surface area (Å²) in [5.74, 6) is 0.319. The molecule has 14 heavy (non-hydrogen) atoms. The van der Waals surface area contributed by atoms with Crippen LogP contribution in [0.1, 0.15) is 26.8 Å². The van der Waals surface area contributed by atoms with Gasteiger partial charge in [0.25, 0.3) is 0 Å². The smallest absolute Gasteiger partial charge is 0.242 e. The molecule has 78 valence electrons. The van der Waals surface area contributed by atoms with Crippen LogP contribution in [0.15, 0.2) is 12.3 Å². The Balaban J connectivity index is 2.64. The molecular formula is C9H16N4O. The van der Waals surface area contributed by atoms with Crippen LogP contribution in [-0.4, -0.2) is 21.7 Å². The van der Waals surface area contributed by atoms with E-state index in [9.17, 15) is 4.79 Å². The van der Waals surface area contributed by atoms with Crippen molar-refractivity contribution in [2.24, 2.45) is 5.73 Å². The monoisotopic (exact) mass is 196 g/mol. The molecule has 0 saturated heterocycles. The number of rotatable bonds is 3. The van der Waals surface area contributed by atoms with Crippen molar-refractivity contribution in [3.05, 3.63) is 12.3 Å². The number of nitrogens with zero attached hydrogens (tertiary/aromatic N) is 2. The van der Waals surface area contributed by atoms with E-state index in [2.05, 4.69) is 10.4 Å². The number of hydrogen-bond donors (Lipinski definition) is 2. The first-order valence-electron chi connectivity index (χ1n) is 4.62. The van der Waals surface area contributed by atoms with Crippen LogP contribution in [0.25, 0.3) is 0 Å². The van der Waals surface area contributed by atoms with Crippen LogP contribution in [0.3, 0.4) is 0 Å². The fraction of sp³-hybridized carbons (Fsp3) is 0.556. The minimum absolute atomic E-state index is 0.223. The van der Waals surface area contributed by atoms with Crippen LogP contribution in [0, 0.1) is 0 Å². The number of nitrogens with one attached hydrogen (secondary N) is 1. The Morgan fingerprint density at radius 3 is 2.64 bits per heavy atom. The summed E-state index contributed by atoms with van der Waals surface area (Å²) in [6, 6.07) is 1.52. The molecule has 0 spiro atoms. The van der Waals surface area contributed by atoms with Crippen molar-refractivity contribution >= 4 is 11.7 Å². The predicted molar refractivity (Wildman–Crippen MR) is 54.9 cm³/mol. The lowest BCUT2D eigenvalue weighted by molar-refractivity contribution is -0.117. The van der Waals surface area contributed by atoms with Gasteiger partial charge in [0.1, 0.15) is 0 Å². The van der Waals surface area contributed by atoms with E-state index >= 15 is 0 Å². The summed E-state index contributed by atoms with van der Waals surface area (Å²) < 4.78 is 1.77. The number of hydrogen-bond acceptors (Lipinski definition) is 3. The van der Waals surface area contributed by atoms with Crippen molar-refractivity contribution in [3.8, 4) is 0 Å². The predicted octanol–water partition coefficient (Wildman–Crippen LogP) is 0.750. The van der Waals surface area contributed by atoms with Crippen LogP contribution in [0.2, 0.25) is 0 Å². The highest BCUT2D eigenvalue weighted by Crippen LogP contribution is 2.07. The van der Waals surface area contributed by atoms with Crippen molar-refractivity contribution < 1.29 is 4.79 Å². The Kier molecular flexibility index (Phi) is 3.24. The molecule has 0 aromatic carbocycles. The third-order valence-electron chi connectivity index (χ3n) is 1.80. The lowest BCUT2D eigenvalue weighted by Gasteiger charge is -2.05. The van der Waals surface area contributed by atoms with Crippen molar-refractivity contribution in [2.75, 3.05) is 5.32 Å². The van der Waals surface area contributed by atoms with Crippen molar-refractivity contribution in [1.82, 2.24) is 9.78 Å². The SMILES string of the molecule is CC(N)C(=O)Nc1ccn(C(C)C)n1. The van der Waals surface area contributed by atoms with Gasteiger partial charge in [-0.05, 0) is 20.8 Å². The Hall–Kier alpha value is -1.36. The Labute approximate surface area is 83.3 Å². The van der Waals surface area contributed by atoms with Gasteiger partial charge in [0.15, 0.2) is 5.82 Å². The number of aromatic nitrogens is 2. The molecular weight excluding hydrogens is 180 g/mol. The maximum atomic E-state index is 11.2. The molecule has 0 radical (unpaired) electrons. The molecule has 5 nitrogen and oxygen atoms in total. The quantitative estimate of drug-likeness (QED) is 0.749. The van der Waals surface area contributed by atoms with Gasteiger partial charge >= 0.3 is 0 Å². The van der Waals surface area contributed by atoms with Gasteiger partial charge in [-0.1, -0.05) is 0 Å². The fourth-order valence-corrected chi connectivity index (χ4v) is 0.932. The fourth-order valence-electron chi connectivity index (χ4n) is 0.932. The van der Waals surface area contributed by atoms with Crippen LogP contribution in [0.4, 0.5) is 5.82 Å². The normalized spacial score (nSPS) is 12.9. The molecule has 1 aromatic heterocycles. The van der Waals surface area contributed by atoms with Gasteiger partial charge < -0.3 is 11.1 Å². The topological polar surface area (TPSA) is 72.9 Å². The van der Waals surface area contributed by atoms with E-state index in [-0.39, 0.29) is 11.9 Å². The van der Waals surface area contributed by atoms with Gasteiger partial charge in [-0.3, -0.25) is 9.48 Å². The highest BCUT2D eigenvalue weighted by atomic mass is 16.2. The third kappa shape index (κ3) is 2.56. The van der Waals surface area contributed by atoms with Crippen LogP contribution in [-0.2, 0) is 4.79 Å². The summed E-state index contributed by atoms with van der Waals surface area (Å²) in [5.41, 5.74) is 5.40. The number of nitrogens with two attached hydrogens (primary N) is 1. The van der Waals surface area contributed by atoms with E-state index in [0.29, 0.717) is 5.82 Å². The van der Waals surface area contributed by atoms with Gasteiger partial charge in [0.2, 0.25) is 5.91 Å². The first-order valence-corrected chi connectivity index (χ1v) is 4.62. The van der Waals surface area contributed by atoms with E-state index in [1.165, 1.54) is 0 Å². The summed E-state index contributed by atoms with van der Waals surface area (Å²) >= 11 is 0. The van der Waals surface area contributed by atoms with Crippen molar-refractivity contribution in [1.29, 1.82) is 0 Å². The standard InChI is InChI=1S/C9H16N4O/c1-6(2)13-5-4-8(12-13)11-9(14)7(3)10/h4-7H,10H2,1-3H3,(H,11,12,14). The molecule has 5 heteroatoms. The molecule has 1 heterocycles. The number of carbonyl (C=O) groups excluding carboxylic acids is 1. The van der Waals surface area contributed by atoms with E-state index < -0.39 is 6.04 Å². The highest BCUT2D eigenvalue weighted by molar-refractivity contribution is 5.93. The molecule has 1 atom stereocenters. The molecule has 0 fully saturated rings. The van der Waals surface area contributed by atoms with Crippen LogP contribution in [0.5, 0.6) is 0 Å². The highest BCUT2D eigenvalue weighted by Gasteiger charge is 2.09. The maximum Gasteiger partial charge on any atom is 0.242 e. The Morgan fingerprint density at radius 2 is 2.21 bits per heavy atom. The molecule has 0 aliphatic rings. The average Bonchev–Trinajstić information content (AvgIpc) is 2.52. The molecule has 1 aromatic rings. The molecule has 0 aliphatic carbocycles. The zero-order valence-corrected chi connectivity index (χ0v) is 8.69. The zero-order valence-electron chi connectivity index (χ0n) is 8.69. The first-order chi connectivity index (χ1) is 6.50. The van der Waals surface area contributed by atoms with Crippen molar-refractivity contribution in [3.63, 3.8) is 0 Å². The summed E-state index contributed by atoms with van der Waals surface area (Å²) in [7, 11) is 0. The van der Waals surface area contributed by atoms with Gasteiger partial charge in [0, 0.05) is 18.3 Å². The largest absolute Gasteiger partial charge is 0.320 e. The molecule has 1 unspecified atom stereocenters. The number of carbonyl (C=O) groups is 1. The minimum Gasteiger partial charge on any atom is -0.320 e. The summed E-state index contributed by atoms with van der Waals surface area (Å²) in [6.07, 6.45) is 1.82. The summed E-state index contributed by atoms with van der Waals surface area (Å²) in [5, 5.41) is 6.78. The van der Waals surface area contributed by atoms with Gasteiger partial charge in [-0.2, -0.15) is 5.10 Å². The van der Waals surface area contributed by atoms with E-state index in [4.69, 9.17) is 5.73 Å². The molecule has 3 N–H and O–H groups in total. The number of anilines is 1. The van der Waals surface area contributed by atoms with Gasteiger partial charge in [-0.25, -0.2) is 0 Å². The summed E-state index contributed by atoms with van der Waals surface area (Å²) in [6.45, 7) is 5.67. The van der Waals surface area contributed by atoms with Gasteiger partial charge in [-0.15, -0.1) is 0 Å². The second-order valence-corrected chi connectivity index (χ2v) is 3.55. The Bertz CT molecular complexity index is 316. The van der Waals surface area contributed by atoms with Crippen LogP contribution >= 0.6 is 0 Å². The molecule has 0 saturated carbocycles. The summed E-state index contributed by atoms with van der Waals surface area (Å²) in [4.78, 5) is 11.2. The molecule has 0 bridgehead atoms. The first kappa shape index (κ1) is 10.7. The van der Waals surface area contributed by atoms with E-state index in [1.54, 1.807) is 17.7 Å². The second kappa shape index (κ2) is 4.23. The number of amides is 1. The zero-order chi connectivity index (χ0) is 10.7. The second-order valence-electron chi connectivity index (χ2n) is 3.55. The third-order valence-corrected chi connectivity index (χ3v) is 1.80. The lowest BCUT2D eigenvalue weighted by atomic mass is 10.3. The molecule has 1 rings (SSSR count). The Morgan fingerprint density at radius 1 is 1.57 bits per heavy atom. The van der Waals surface area contributed by atoms with E-state index in [1.807, 2.05) is 20.0 Å². The lowest BCUT2D eigenvalue weighted by Crippen LogP contribution is -2.32. The maximum absolute atomic E-state index is 11.2.